The molecule has 0 saturated heterocycles. The van der Waals surface area contributed by atoms with E-state index in [9.17, 15) is 4.79 Å². The van der Waals surface area contributed by atoms with E-state index in [1.807, 2.05) is 103 Å². The van der Waals surface area contributed by atoms with Crippen molar-refractivity contribution in [2.75, 3.05) is 19.1 Å². The fourth-order valence-corrected chi connectivity index (χ4v) is 4.17. The van der Waals surface area contributed by atoms with Gasteiger partial charge in [0.25, 0.3) is 11.6 Å². The number of hydrogen-bond donors (Lipinski definition) is 0. The van der Waals surface area contributed by atoms with E-state index in [0.29, 0.717) is 16.7 Å². The number of benzene rings is 3. The van der Waals surface area contributed by atoms with Gasteiger partial charge < -0.3 is 9.64 Å². The largest absolute Gasteiger partial charge is 0.468 e. The molecule has 0 bridgehead atoms. The smallest absolute Gasteiger partial charge is 0.300 e. The Hall–Kier alpha value is -4.45. The van der Waals surface area contributed by atoms with Crippen molar-refractivity contribution in [3.8, 4) is 6.01 Å². The van der Waals surface area contributed by atoms with Crippen molar-refractivity contribution in [3.63, 3.8) is 0 Å². The summed E-state index contributed by atoms with van der Waals surface area (Å²) in [6.45, 7) is 0. The topological polar surface area (TPSA) is 60.3 Å². The Bertz CT molecular complexity index is 1430. The van der Waals surface area contributed by atoms with Crippen LogP contribution in [-0.4, -0.2) is 28.7 Å². The summed E-state index contributed by atoms with van der Waals surface area (Å²) in [7, 11) is 3.46. The Kier molecular flexibility index (Phi) is 5.79. The van der Waals surface area contributed by atoms with E-state index in [0.717, 1.165) is 16.8 Å². The van der Waals surface area contributed by atoms with Crippen LogP contribution in [-0.2, 0) is 0 Å². The van der Waals surface area contributed by atoms with Crippen molar-refractivity contribution in [2.45, 2.75) is 6.04 Å². The lowest BCUT2D eigenvalue weighted by Crippen LogP contribution is -2.29. The molecule has 0 fully saturated rings. The molecule has 0 aliphatic carbocycles. The second-order valence-electron chi connectivity index (χ2n) is 7.95. The quantitative estimate of drug-likeness (QED) is 0.357. The molecule has 0 spiro atoms. The normalized spacial score (nSPS) is 11.0. The van der Waals surface area contributed by atoms with Gasteiger partial charge in [0.2, 0.25) is 0 Å². The lowest BCUT2D eigenvalue weighted by molar-refractivity contribution is 0.345. The number of rotatable bonds is 6. The number of aromatic nitrogens is 3. The fourth-order valence-electron chi connectivity index (χ4n) is 4.17. The van der Waals surface area contributed by atoms with E-state index in [-0.39, 0.29) is 11.6 Å². The second-order valence-corrected chi connectivity index (χ2v) is 7.95. The molecule has 0 amide bonds. The van der Waals surface area contributed by atoms with Crippen molar-refractivity contribution >= 4 is 22.4 Å². The van der Waals surface area contributed by atoms with Crippen LogP contribution in [0.2, 0.25) is 0 Å². The van der Waals surface area contributed by atoms with Crippen LogP contribution in [0.1, 0.15) is 17.2 Å². The molecule has 0 aliphatic rings. The van der Waals surface area contributed by atoms with Gasteiger partial charge in [-0.15, -0.1) is 0 Å². The molecule has 0 aliphatic heterocycles. The SMILES string of the molecule is COc1nc2cnc(N(C)c3ccccc3)cc2c(=O)n1C(c1ccccc1)c1ccccc1. The summed E-state index contributed by atoms with van der Waals surface area (Å²) in [6, 6.07) is 31.4. The van der Waals surface area contributed by atoms with Crippen molar-refractivity contribution < 1.29 is 4.74 Å². The summed E-state index contributed by atoms with van der Waals surface area (Å²) < 4.78 is 7.24. The van der Waals surface area contributed by atoms with Crippen molar-refractivity contribution in [2.24, 2.45) is 0 Å². The van der Waals surface area contributed by atoms with Crippen LogP contribution in [0, 0.1) is 0 Å². The number of para-hydroxylation sites is 1. The number of nitrogens with zero attached hydrogens (tertiary/aromatic N) is 4. The van der Waals surface area contributed by atoms with Gasteiger partial charge in [-0.25, -0.2) is 9.55 Å². The Labute approximate surface area is 197 Å². The van der Waals surface area contributed by atoms with E-state index in [2.05, 4.69) is 9.97 Å². The first-order valence-electron chi connectivity index (χ1n) is 11.0. The molecule has 6 heteroatoms. The molecule has 0 unspecified atom stereocenters. The van der Waals surface area contributed by atoms with Crippen LogP contribution in [0.5, 0.6) is 6.01 Å². The van der Waals surface area contributed by atoms with Gasteiger partial charge in [-0.2, -0.15) is 4.98 Å². The van der Waals surface area contributed by atoms with Crippen LogP contribution in [0.3, 0.4) is 0 Å². The standard InChI is InChI=1S/C28H24N4O2/c1-31(22-16-10-5-11-17-22)25-18-23-24(19-29-25)30-28(34-2)32(27(23)33)26(20-12-6-3-7-13-20)21-14-8-4-9-15-21/h3-19,26H,1-2H3. The van der Waals surface area contributed by atoms with E-state index in [4.69, 9.17) is 4.74 Å². The van der Waals surface area contributed by atoms with E-state index in [1.165, 1.54) is 7.11 Å². The zero-order valence-corrected chi connectivity index (χ0v) is 19.0. The molecule has 0 radical (unpaired) electrons. The lowest BCUT2D eigenvalue weighted by atomic mass is 9.98. The molecule has 5 aromatic rings. The Balaban J connectivity index is 1.73. The maximum Gasteiger partial charge on any atom is 0.300 e. The highest BCUT2D eigenvalue weighted by molar-refractivity contribution is 5.81. The van der Waals surface area contributed by atoms with Crippen LogP contribution < -0.4 is 15.2 Å². The average molecular weight is 449 g/mol. The number of pyridine rings is 1. The van der Waals surface area contributed by atoms with Gasteiger partial charge in [-0.05, 0) is 29.3 Å². The number of hydrogen-bond acceptors (Lipinski definition) is 5. The molecule has 0 saturated carbocycles. The third kappa shape index (κ3) is 3.90. The Morgan fingerprint density at radius 3 is 1.97 bits per heavy atom. The van der Waals surface area contributed by atoms with E-state index < -0.39 is 6.04 Å². The van der Waals surface area contributed by atoms with Gasteiger partial charge in [0, 0.05) is 12.7 Å². The maximum atomic E-state index is 14.0. The number of methoxy groups -OCH3 is 1. The Morgan fingerprint density at radius 1 is 0.853 bits per heavy atom. The van der Waals surface area contributed by atoms with Crippen LogP contribution in [0.15, 0.2) is 108 Å². The number of anilines is 2. The molecule has 2 aromatic heterocycles. The summed E-state index contributed by atoms with van der Waals surface area (Å²) in [5.74, 6) is 0.658. The highest BCUT2D eigenvalue weighted by Crippen LogP contribution is 2.30. The summed E-state index contributed by atoms with van der Waals surface area (Å²) in [6.07, 6.45) is 1.62. The van der Waals surface area contributed by atoms with Gasteiger partial charge in [0.1, 0.15) is 5.82 Å². The summed E-state index contributed by atoms with van der Waals surface area (Å²) in [5, 5.41) is 0.477. The fraction of sp³-hybridized carbons (Fsp3) is 0.107. The van der Waals surface area contributed by atoms with Crippen LogP contribution in [0.25, 0.3) is 10.9 Å². The molecule has 168 valence electrons. The van der Waals surface area contributed by atoms with Crippen LogP contribution >= 0.6 is 0 Å². The second kappa shape index (κ2) is 9.19. The first kappa shape index (κ1) is 21.4. The molecule has 3 aromatic carbocycles. The minimum absolute atomic E-state index is 0.190. The first-order chi connectivity index (χ1) is 16.7. The molecule has 0 N–H and O–H groups in total. The minimum Gasteiger partial charge on any atom is -0.468 e. The molecule has 5 rings (SSSR count). The van der Waals surface area contributed by atoms with Gasteiger partial charge in [-0.1, -0.05) is 78.9 Å². The van der Waals surface area contributed by atoms with Gasteiger partial charge in [0.15, 0.2) is 0 Å². The summed E-state index contributed by atoms with van der Waals surface area (Å²) >= 11 is 0. The van der Waals surface area contributed by atoms with E-state index in [1.54, 1.807) is 16.8 Å². The lowest BCUT2D eigenvalue weighted by Gasteiger charge is -2.24. The monoisotopic (exact) mass is 448 g/mol. The van der Waals surface area contributed by atoms with Gasteiger partial charge >= 0.3 is 0 Å². The predicted octanol–water partition coefficient (Wildman–Crippen LogP) is 5.21. The van der Waals surface area contributed by atoms with Crippen molar-refractivity contribution in [1.29, 1.82) is 0 Å². The molecular formula is C28H24N4O2. The van der Waals surface area contributed by atoms with Crippen molar-refractivity contribution in [1.82, 2.24) is 14.5 Å². The zero-order valence-electron chi connectivity index (χ0n) is 19.0. The number of fused-ring (bicyclic) bond motifs is 1. The highest BCUT2D eigenvalue weighted by Gasteiger charge is 2.24. The zero-order chi connectivity index (χ0) is 23.5. The molecular weight excluding hydrogens is 424 g/mol. The summed E-state index contributed by atoms with van der Waals surface area (Å²) in [5.41, 5.74) is 3.20. The summed E-state index contributed by atoms with van der Waals surface area (Å²) in [4.78, 5) is 25.2. The third-order valence-electron chi connectivity index (χ3n) is 5.90. The minimum atomic E-state index is -0.398. The molecule has 6 nitrogen and oxygen atoms in total. The highest BCUT2D eigenvalue weighted by atomic mass is 16.5. The molecule has 0 atom stereocenters. The van der Waals surface area contributed by atoms with Gasteiger partial charge in [0.05, 0.1) is 30.3 Å². The van der Waals surface area contributed by atoms with E-state index >= 15 is 0 Å². The third-order valence-corrected chi connectivity index (χ3v) is 5.90. The van der Waals surface area contributed by atoms with Crippen LogP contribution in [0.4, 0.5) is 11.5 Å². The maximum absolute atomic E-state index is 14.0. The van der Waals surface area contributed by atoms with Gasteiger partial charge in [-0.3, -0.25) is 4.79 Å². The predicted molar refractivity (Wildman–Crippen MR) is 135 cm³/mol. The average Bonchev–Trinajstić information content (AvgIpc) is 2.91. The van der Waals surface area contributed by atoms with Crippen molar-refractivity contribution in [3.05, 3.63) is 125 Å². The molecule has 34 heavy (non-hydrogen) atoms. The Morgan fingerprint density at radius 2 is 1.41 bits per heavy atom. The number of ether oxygens (including phenoxy) is 1. The molecule has 2 heterocycles. The first-order valence-corrected chi connectivity index (χ1v) is 11.0.